The van der Waals surface area contributed by atoms with E-state index < -0.39 is 0 Å². The summed E-state index contributed by atoms with van der Waals surface area (Å²) in [4.78, 5) is 24.8. The van der Waals surface area contributed by atoms with E-state index >= 15 is 0 Å². The van der Waals surface area contributed by atoms with Crippen molar-refractivity contribution in [2.24, 2.45) is 5.92 Å². The van der Waals surface area contributed by atoms with Gasteiger partial charge in [-0.15, -0.1) is 0 Å². The maximum Gasteiger partial charge on any atom is 0.410 e. The highest BCUT2D eigenvalue weighted by Crippen LogP contribution is 2.25. The second kappa shape index (κ2) is 7.64. The lowest BCUT2D eigenvalue weighted by Gasteiger charge is -2.27. The normalized spacial score (nSPS) is 27.3. The van der Waals surface area contributed by atoms with Crippen LogP contribution in [-0.2, 0) is 14.3 Å². The number of hydrogen-bond donors (Lipinski definition) is 1. The summed E-state index contributed by atoms with van der Waals surface area (Å²) in [6, 6.07) is -0.1000. The lowest BCUT2D eigenvalue weighted by molar-refractivity contribution is -0.129. The smallest absolute Gasteiger partial charge is 0.410 e. The number of rotatable bonds is 6. The van der Waals surface area contributed by atoms with Crippen molar-refractivity contribution in [2.45, 2.75) is 51.7 Å². The van der Waals surface area contributed by atoms with Gasteiger partial charge in [0.15, 0.2) is 0 Å². The standard InChI is InChI=1S/C15H26N2O4/c1-11-4-3-5-13(8-11)21-10-14(18)16-12(2)9-17-6-7-20-15(17)19/h11-13H,3-10H2,1-2H3,(H,16,18)/t11-,12-,13-/m1/s1. The maximum atomic E-state index is 11.9. The summed E-state index contributed by atoms with van der Waals surface area (Å²) in [5.74, 6) is 0.570. The molecule has 2 fully saturated rings. The van der Waals surface area contributed by atoms with Gasteiger partial charge in [0.2, 0.25) is 5.91 Å². The maximum absolute atomic E-state index is 11.9. The Kier molecular flexibility index (Phi) is 5.85. The van der Waals surface area contributed by atoms with Gasteiger partial charge in [-0.25, -0.2) is 4.79 Å². The molecule has 0 radical (unpaired) electrons. The zero-order valence-electron chi connectivity index (χ0n) is 13.0. The molecule has 21 heavy (non-hydrogen) atoms. The first-order valence-corrected chi connectivity index (χ1v) is 7.87. The minimum Gasteiger partial charge on any atom is -0.448 e. The van der Waals surface area contributed by atoms with Crippen molar-refractivity contribution in [3.63, 3.8) is 0 Å². The van der Waals surface area contributed by atoms with Gasteiger partial charge in [-0.05, 0) is 25.7 Å². The van der Waals surface area contributed by atoms with E-state index in [0.717, 1.165) is 12.8 Å². The van der Waals surface area contributed by atoms with Crippen LogP contribution < -0.4 is 5.32 Å². The SMILES string of the molecule is C[C@@H]1CCC[C@@H](OCC(=O)N[C@H](C)CN2CCOC2=O)C1. The minimum absolute atomic E-state index is 0.1000. The fraction of sp³-hybridized carbons (Fsp3) is 0.867. The third-order valence-electron chi connectivity index (χ3n) is 4.08. The highest BCUT2D eigenvalue weighted by atomic mass is 16.6. The van der Waals surface area contributed by atoms with Crippen LogP contribution in [0.15, 0.2) is 0 Å². The number of nitrogens with zero attached hydrogens (tertiary/aromatic N) is 1. The molecule has 3 atom stereocenters. The number of nitrogens with one attached hydrogen (secondary N) is 1. The van der Waals surface area contributed by atoms with Crippen LogP contribution in [0, 0.1) is 5.92 Å². The molecule has 0 unspecified atom stereocenters. The molecule has 6 heteroatoms. The lowest BCUT2D eigenvalue weighted by atomic mass is 9.89. The van der Waals surface area contributed by atoms with Crippen LogP contribution >= 0.6 is 0 Å². The van der Waals surface area contributed by atoms with Crippen LogP contribution in [0.4, 0.5) is 4.79 Å². The van der Waals surface area contributed by atoms with Gasteiger partial charge in [-0.2, -0.15) is 0 Å². The van der Waals surface area contributed by atoms with Crippen LogP contribution in [-0.4, -0.2) is 55.3 Å². The van der Waals surface area contributed by atoms with Crippen LogP contribution in [0.3, 0.4) is 0 Å². The van der Waals surface area contributed by atoms with Crippen molar-refractivity contribution >= 4 is 12.0 Å². The molecule has 2 rings (SSSR count). The summed E-state index contributed by atoms with van der Waals surface area (Å²) in [6.07, 6.45) is 4.44. The van der Waals surface area contributed by atoms with E-state index in [1.807, 2.05) is 6.92 Å². The predicted molar refractivity (Wildman–Crippen MR) is 77.9 cm³/mol. The minimum atomic E-state index is -0.302. The zero-order chi connectivity index (χ0) is 15.2. The van der Waals surface area contributed by atoms with E-state index in [0.29, 0.717) is 25.6 Å². The fourth-order valence-electron chi connectivity index (χ4n) is 3.01. The third-order valence-corrected chi connectivity index (χ3v) is 4.08. The first kappa shape index (κ1) is 16.1. The number of hydrogen-bond acceptors (Lipinski definition) is 4. The molecule has 2 aliphatic rings. The first-order valence-electron chi connectivity index (χ1n) is 7.87. The Hall–Kier alpha value is -1.30. The number of carbonyl (C=O) groups excluding carboxylic acids is 2. The quantitative estimate of drug-likeness (QED) is 0.807. The first-order chi connectivity index (χ1) is 10.0. The van der Waals surface area contributed by atoms with E-state index in [9.17, 15) is 9.59 Å². The average Bonchev–Trinajstić information content (AvgIpc) is 2.82. The predicted octanol–water partition coefficient (Wildman–Crippen LogP) is 1.54. The van der Waals surface area contributed by atoms with Gasteiger partial charge in [-0.1, -0.05) is 19.8 Å². The Labute approximate surface area is 126 Å². The van der Waals surface area contributed by atoms with E-state index in [-0.39, 0.29) is 30.8 Å². The third kappa shape index (κ3) is 5.19. The van der Waals surface area contributed by atoms with Gasteiger partial charge in [0, 0.05) is 12.6 Å². The van der Waals surface area contributed by atoms with Crippen molar-refractivity contribution in [3.05, 3.63) is 0 Å². The molecule has 0 bridgehead atoms. The second-order valence-corrected chi connectivity index (χ2v) is 6.23. The monoisotopic (exact) mass is 298 g/mol. The van der Waals surface area contributed by atoms with Gasteiger partial charge >= 0.3 is 6.09 Å². The molecule has 1 aliphatic heterocycles. The van der Waals surface area contributed by atoms with Crippen molar-refractivity contribution in [2.75, 3.05) is 26.3 Å². The van der Waals surface area contributed by atoms with Crippen molar-refractivity contribution in [3.8, 4) is 0 Å². The van der Waals surface area contributed by atoms with E-state index in [1.54, 1.807) is 4.90 Å². The molecule has 1 heterocycles. The van der Waals surface area contributed by atoms with Crippen molar-refractivity contribution in [1.29, 1.82) is 0 Å². The molecule has 0 aromatic carbocycles. The van der Waals surface area contributed by atoms with Gasteiger partial charge in [0.25, 0.3) is 0 Å². The Morgan fingerprint density at radius 3 is 3.00 bits per heavy atom. The zero-order valence-corrected chi connectivity index (χ0v) is 13.0. The largest absolute Gasteiger partial charge is 0.448 e. The number of carbonyl (C=O) groups is 2. The molecule has 0 aromatic heterocycles. The summed E-state index contributed by atoms with van der Waals surface area (Å²) in [6.45, 7) is 5.72. The molecule has 1 saturated carbocycles. The highest BCUT2D eigenvalue weighted by molar-refractivity contribution is 5.77. The van der Waals surface area contributed by atoms with E-state index in [2.05, 4.69) is 12.2 Å². The summed E-state index contributed by atoms with van der Waals surface area (Å²) in [5, 5.41) is 2.86. The van der Waals surface area contributed by atoms with E-state index in [4.69, 9.17) is 9.47 Å². The number of cyclic esters (lactones) is 1. The molecule has 120 valence electrons. The Balaban J connectivity index is 1.63. The second-order valence-electron chi connectivity index (χ2n) is 6.23. The van der Waals surface area contributed by atoms with E-state index in [1.165, 1.54) is 12.8 Å². The molecular formula is C15H26N2O4. The number of amides is 2. The molecule has 1 N–H and O–H groups in total. The topological polar surface area (TPSA) is 67.9 Å². The highest BCUT2D eigenvalue weighted by Gasteiger charge is 2.24. The van der Waals surface area contributed by atoms with Gasteiger partial charge in [0.1, 0.15) is 13.2 Å². The fourth-order valence-corrected chi connectivity index (χ4v) is 3.01. The van der Waals surface area contributed by atoms with Gasteiger partial charge < -0.3 is 19.7 Å². The van der Waals surface area contributed by atoms with Crippen molar-refractivity contribution < 1.29 is 19.1 Å². The summed E-state index contributed by atoms with van der Waals surface area (Å²) < 4.78 is 10.5. The van der Waals surface area contributed by atoms with Gasteiger partial charge in [0.05, 0.1) is 12.6 Å². The summed E-state index contributed by atoms with van der Waals surface area (Å²) >= 11 is 0. The molecule has 0 aromatic rings. The molecule has 6 nitrogen and oxygen atoms in total. The summed E-state index contributed by atoms with van der Waals surface area (Å²) in [5.41, 5.74) is 0. The molecule has 2 amide bonds. The van der Waals surface area contributed by atoms with Crippen LogP contribution in [0.1, 0.15) is 39.5 Å². The van der Waals surface area contributed by atoms with Crippen LogP contribution in [0.5, 0.6) is 0 Å². The Morgan fingerprint density at radius 2 is 2.33 bits per heavy atom. The molecule has 1 aliphatic carbocycles. The van der Waals surface area contributed by atoms with Crippen LogP contribution in [0.2, 0.25) is 0 Å². The van der Waals surface area contributed by atoms with Crippen LogP contribution in [0.25, 0.3) is 0 Å². The summed E-state index contributed by atoms with van der Waals surface area (Å²) in [7, 11) is 0. The molecule has 1 saturated heterocycles. The Bertz CT molecular complexity index is 375. The van der Waals surface area contributed by atoms with Crippen molar-refractivity contribution in [1.82, 2.24) is 10.2 Å². The van der Waals surface area contributed by atoms with Gasteiger partial charge in [-0.3, -0.25) is 4.79 Å². The molecule has 0 spiro atoms. The Morgan fingerprint density at radius 1 is 1.52 bits per heavy atom. The lowest BCUT2D eigenvalue weighted by Crippen LogP contribution is -2.44. The number of ether oxygens (including phenoxy) is 2. The molecular weight excluding hydrogens is 272 g/mol. The average molecular weight is 298 g/mol.